The van der Waals surface area contributed by atoms with E-state index in [1.54, 1.807) is 12.1 Å². The van der Waals surface area contributed by atoms with Crippen LogP contribution in [0.2, 0.25) is 0 Å². The maximum Gasteiger partial charge on any atom is 0.416 e. The number of nitrogens with one attached hydrogen (secondary N) is 1. The lowest BCUT2D eigenvalue weighted by molar-refractivity contribution is -0.137. The van der Waals surface area contributed by atoms with Gasteiger partial charge in [0, 0.05) is 17.4 Å². The molecule has 2 aromatic carbocycles. The van der Waals surface area contributed by atoms with Gasteiger partial charge in [0.05, 0.1) is 11.1 Å². The van der Waals surface area contributed by atoms with Gasteiger partial charge in [-0.15, -0.1) is 5.10 Å². The Morgan fingerprint density at radius 3 is 2.61 bits per heavy atom. The van der Waals surface area contributed by atoms with E-state index in [1.807, 2.05) is 31.2 Å². The van der Waals surface area contributed by atoms with E-state index in [1.165, 1.54) is 22.7 Å². The number of hydrogen-bond acceptors (Lipinski definition) is 6. The lowest BCUT2D eigenvalue weighted by atomic mass is 10.1. The zero-order valence-electron chi connectivity index (χ0n) is 18.7. The second-order valence-corrected chi connectivity index (χ2v) is 7.97. The van der Waals surface area contributed by atoms with E-state index in [0.29, 0.717) is 11.4 Å². The minimum absolute atomic E-state index is 0.0539. The summed E-state index contributed by atoms with van der Waals surface area (Å²) in [5.41, 5.74) is 0.794. The second-order valence-electron chi connectivity index (χ2n) is 7.97. The van der Waals surface area contributed by atoms with E-state index in [2.05, 4.69) is 20.6 Å². The van der Waals surface area contributed by atoms with Gasteiger partial charge in [-0.05, 0) is 37.3 Å². The van der Waals surface area contributed by atoms with Crippen LogP contribution >= 0.6 is 0 Å². The number of anilines is 1. The number of amides is 1. The highest BCUT2D eigenvalue weighted by atomic mass is 19.4. The fourth-order valence-corrected chi connectivity index (χ4v) is 3.57. The molecule has 36 heavy (non-hydrogen) atoms. The third-order valence-electron chi connectivity index (χ3n) is 5.34. The predicted molar refractivity (Wildman–Crippen MR) is 123 cm³/mol. The minimum atomic E-state index is -4.55. The molecule has 182 valence electrons. The first kappa shape index (κ1) is 23.0. The molecule has 5 aromatic rings. The molecule has 0 aliphatic rings. The first-order valence-electron chi connectivity index (χ1n) is 10.7. The van der Waals surface area contributed by atoms with Crippen molar-refractivity contribution in [2.45, 2.75) is 19.6 Å². The zero-order chi connectivity index (χ0) is 25.4. The number of aromatic nitrogens is 5. The molecule has 0 radical (unpaired) electrons. The summed E-state index contributed by atoms with van der Waals surface area (Å²) < 4.78 is 46.3. The summed E-state index contributed by atoms with van der Waals surface area (Å²) in [4.78, 5) is 29.7. The molecule has 0 unspecified atom stereocenters. The molecule has 12 heteroatoms. The number of rotatable bonds is 5. The molecule has 3 heterocycles. The summed E-state index contributed by atoms with van der Waals surface area (Å²) in [6, 6.07) is 15.0. The van der Waals surface area contributed by atoms with Crippen molar-refractivity contribution >= 4 is 17.2 Å². The van der Waals surface area contributed by atoms with Gasteiger partial charge in [0.1, 0.15) is 6.54 Å². The molecule has 1 amide bonds. The van der Waals surface area contributed by atoms with Gasteiger partial charge in [0.2, 0.25) is 11.7 Å². The van der Waals surface area contributed by atoms with E-state index in [9.17, 15) is 22.8 Å². The molecule has 0 fully saturated rings. The van der Waals surface area contributed by atoms with Gasteiger partial charge < -0.3 is 9.84 Å². The van der Waals surface area contributed by atoms with Crippen LogP contribution in [0.1, 0.15) is 11.1 Å². The fraction of sp³-hybridized carbons (Fsp3) is 0.125. The molecule has 0 aliphatic heterocycles. The molecule has 0 atom stereocenters. The predicted octanol–water partition coefficient (Wildman–Crippen LogP) is 4.18. The molecule has 0 saturated heterocycles. The summed E-state index contributed by atoms with van der Waals surface area (Å²) >= 11 is 0. The first-order chi connectivity index (χ1) is 17.2. The molecule has 0 bridgehead atoms. The summed E-state index contributed by atoms with van der Waals surface area (Å²) in [7, 11) is 0. The Balaban J connectivity index is 1.41. The Kier molecular flexibility index (Phi) is 5.63. The number of carbonyl (C=O) groups is 1. The van der Waals surface area contributed by atoms with Crippen molar-refractivity contribution in [1.29, 1.82) is 0 Å². The number of nitrogens with zero attached hydrogens (tertiary/aromatic N) is 5. The SMILES string of the molecule is Cc1ccc(-c2noc(-c3cccn4c(=O)n(CC(=O)Nc5cccc(C(F)(F)F)c5)nc34)n2)cc1. The summed E-state index contributed by atoms with van der Waals surface area (Å²) in [6.07, 6.45) is -3.09. The van der Waals surface area contributed by atoms with Crippen LogP contribution in [0, 0.1) is 6.92 Å². The normalized spacial score (nSPS) is 11.7. The highest BCUT2D eigenvalue weighted by molar-refractivity contribution is 5.90. The van der Waals surface area contributed by atoms with Gasteiger partial charge in [0.15, 0.2) is 5.65 Å². The average Bonchev–Trinajstić information content (AvgIpc) is 3.45. The lowest BCUT2D eigenvalue weighted by Gasteiger charge is -2.09. The number of hydrogen-bond donors (Lipinski definition) is 1. The average molecular weight is 494 g/mol. The molecular weight excluding hydrogens is 477 g/mol. The number of pyridine rings is 1. The number of aryl methyl sites for hydroxylation is 1. The maximum atomic E-state index is 12.9. The standard InChI is InChI=1S/C24H17F3N6O3/c1-14-7-9-15(10-8-14)20-29-22(36-31-20)18-6-3-11-32-21(18)30-33(23(32)35)13-19(34)28-17-5-2-4-16(12-17)24(25,26)27/h2-12H,13H2,1H3,(H,28,34). The zero-order valence-corrected chi connectivity index (χ0v) is 18.7. The lowest BCUT2D eigenvalue weighted by Crippen LogP contribution is -2.28. The van der Waals surface area contributed by atoms with E-state index >= 15 is 0 Å². The van der Waals surface area contributed by atoms with Crippen LogP contribution in [-0.4, -0.2) is 30.2 Å². The van der Waals surface area contributed by atoms with Crippen LogP contribution in [0.15, 0.2) is 76.2 Å². The maximum absolute atomic E-state index is 12.9. The topological polar surface area (TPSA) is 107 Å². The number of carbonyl (C=O) groups excluding carboxylic acids is 1. The van der Waals surface area contributed by atoms with Gasteiger partial charge >= 0.3 is 11.9 Å². The van der Waals surface area contributed by atoms with Crippen LogP contribution in [0.25, 0.3) is 28.5 Å². The highest BCUT2D eigenvalue weighted by Crippen LogP contribution is 2.30. The van der Waals surface area contributed by atoms with Gasteiger partial charge in [-0.25, -0.2) is 13.9 Å². The fourth-order valence-electron chi connectivity index (χ4n) is 3.57. The molecule has 0 aliphatic carbocycles. The molecule has 5 rings (SSSR count). The van der Waals surface area contributed by atoms with Crippen molar-refractivity contribution in [1.82, 2.24) is 24.3 Å². The third kappa shape index (κ3) is 4.48. The van der Waals surface area contributed by atoms with E-state index in [0.717, 1.165) is 27.9 Å². The summed E-state index contributed by atoms with van der Waals surface area (Å²) in [6.45, 7) is 1.44. The molecule has 1 N–H and O–H groups in total. The largest absolute Gasteiger partial charge is 0.416 e. The first-order valence-corrected chi connectivity index (χ1v) is 10.7. The van der Waals surface area contributed by atoms with Gasteiger partial charge in [-0.3, -0.25) is 4.79 Å². The number of fused-ring (bicyclic) bond motifs is 1. The molecule has 9 nitrogen and oxygen atoms in total. The Morgan fingerprint density at radius 2 is 1.86 bits per heavy atom. The van der Waals surface area contributed by atoms with Crippen LogP contribution in [0.3, 0.4) is 0 Å². The van der Waals surface area contributed by atoms with Crippen molar-refractivity contribution in [3.8, 4) is 22.8 Å². The number of benzene rings is 2. The van der Waals surface area contributed by atoms with Crippen molar-refractivity contribution in [2.75, 3.05) is 5.32 Å². The third-order valence-corrected chi connectivity index (χ3v) is 5.34. The second kappa shape index (κ2) is 8.80. The van der Waals surface area contributed by atoms with E-state index < -0.39 is 29.9 Å². The quantitative estimate of drug-likeness (QED) is 0.393. The molecule has 0 spiro atoms. The van der Waals surface area contributed by atoms with E-state index in [4.69, 9.17) is 4.52 Å². The van der Waals surface area contributed by atoms with Crippen molar-refractivity contribution < 1.29 is 22.5 Å². The summed E-state index contributed by atoms with van der Waals surface area (Å²) in [5, 5.41) is 10.6. The minimum Gasteiger partial charge on any atom is -0.333 e. The van der Waals surface area contributed by atoms with Crippen LogP contribution in [-0.2, 0) is 17.5 Å². The molecular formula is C24H17F3N6O3. The van der Waals surface area contributed by atoms with Crippen molar-refractivity contribution in [2.24, 2.45) is 0 Å². The Morgan fingerprint density at radius 1 is 1.08 bits per heavy atom. The van der Waals surface area contributed by atoms with Crippen LogP contribution < -0.4 is 11.0 Å². The number of halogens is 3. The number of alkyl halides is 3. The van der Waals surface area contributed by atoms with Gasteiger partial charge in [-0.1, -0.05) is 41.1 Å². The molecule has 0 saturated carbocycles. The van der Waals surface area contributed by atoms with Crippen LogP contribution in [0.4, 0.5) is 18.9 Å². The molecule has 3 aromatic heterocycles. The van der Waals surface area contributed by atoms with Crippen molar-refractivity contribution in [3.05, 3.63) is 88.5 Å². The van der Waals surface area contributed by atoms with Crippen molar-refractivity contribution in [3.63, 3.8) is 0 Å². The Hall–Kier alpha value is -4.74. The smallest absolute Gasteiger partial charge is 0.333 e. The van der Waals surface area contributed by atoms with Crippen LogP contribution in [0.5, 0.6) is 0 Å². The van der Waals surface area contributed by atoms with E-state index in [-0.39, 0.29) is 17.2 Å². The highest BCUT2D eigenvalue weighted by Gasteiger charge is 2.30. The Bertz CT molecular complexity index is 1630. The van der Waals surface area contributed by atoms with Gasteiger partial charge in [0.25, 0.3) is 5.89 Å². The Labute approximate surface area is 200 Å². The summed E-state index contributed by atoms with van der Waals surface area (Å²) in [5.74, 6) is -0.239. The monoisotopic (exact) mass is 494 g/mol. The van der Waals surface area contributed by atoms with Gasteiger partial charge in [-0.2, -0.15) is 18.2 Å².